The molecule has 0 unspecified atom stereocenters. The molecule has 0 radical (unpaired) electrons. The number of rotatable bonds is 4. The predicted molar refractivity (Wildman–Crippen MR) is 71.9 cm³/mol. The molecule has 2 aromatic rings. The average molecular weight is 267 g/mol. The zero-order chi connectivity index (χ0) is 13.3. The first-order valence-corrected chi connectivity index (χ1v) is 7.67. The van der Waals surface area contributed by atoms with E-state index in [-0.39, 0.29) is 0 Å². The van der Waals surface area contributed by atoms with Gasteiger partial charge in [-0.15, -0.1) is 0 Å². The Bertz CT molecular complexity index is 659. The zero-order valence-electron chi connectivity index (χ0n) is 10.7. The van der Waals surface area contributed by atoms with Crippen LogP contribution in [0.4, 0.5) is 0 Å². The van der Waals surface area contributed by atoms with Crippen molar-refractivity contribution < 1.29 is 8.42 Å². The quantitative estimate of drug-likeness (QED) is 0.886. The summed E-state index contributed by atoms with van der Waals surface area (Å²) < 4.78 is 24.5. The van der Waals surface area contributed by atoms with Crippen molar-refractivity contribution in [3.8, 4) is 0 Å². The molecule has 6 heteroatoms. The standard InChI is InChI=1S/C12H17N3O2S/c1-8(2)12-14-10-5-4-9(6-11(10)15-12)7-13-18(3,16)17/h4-6,8,13H,7H2,1-3H3,(H,14,15). The first-order chi connectivity index (χ1) is 8.35. The third kappa shape index (κ3) is 3.08. The highest BCUT2D eigenvalue weighted by molar-refractivity contribution is 7.88. The van der Waals surface area contributed by atoms with E-state index >= 15 is 0 Å². The molecule has 1 heterocycles. The average Bonchev–Trinajstić information content (AvgIpc) is 2.68. The van der Waals surface area contributed by atoms with Crippen molar-refractivity contribution in [3.63, 3.8) is 0 Å². The lowest BCUT2D eigenvalue weighted by molar-refractivity contribution is 0.587. The second-order valence-electron chi connectivity index (χ2n) is 4.72. The fourth-order valence-corrected chi connectivity index (χ4v) is 2.10. The van der Waals surface area contributed by atoms with E-state index in [4.69, 9.17) is 0 Å². The van der Waals surface area contributed by atoms with Crippen molar-refractivity contribution in [2.75, 3.05) is 6.26 Å². The van der Waals surface area contributed by atoms with Gasteiger partial charge >= 0.3 is 0 Å². The van der Waals surface area contributed by atoms with Gasteiger partial charge in [0.25, 0.3) is 0 Å². The minimum absolute atomic E-state index is 0.296. The Hall–Kier alpha value is -1.40. The second kappa shape index (κ2) is 4.70. The van der Waals surface area contributed by atoms with E-state index in [1.165, 1.54) is 0 Å². The summed E-state index contributed by atoms with van der Waals surface area (Å²) in [5, 5.41) is 0. The van der Waals surface area contributed by atoms with Crippen LogP contribution < -0.4 is 4.72 Å². The molecule has 5 nitrogen and oxygen atoms in total. The summed E-state index contributed by atoms with van der Waals surface area (Å²) in [5.74, 6) is 1.29. The molecule has 0 aliphatic heterocycles. The van der Waals surface area contributed by atoms with Crippen LogP contribution in [0.2, 0.25) is 0 Å². The Morgan fingerprint density at radius 2 is 2.11 bits per heavy atom. The first kappa shape index (κ1) is 13.0. The lowest BCUT2D eigenvalue weighted by Gasteiger charge is -2.02. The lowest BCUT2D eigenvalue weighted by Crippen LogP contribution is -2.21. The number of aromatic amines is 1. The molecule has 2 N–H and O–H groups in total. The molecule has 0 fully saturated rings. The maximum Gasteiger partial charge on any atom is 0.209 e. The number of nitrogens with one attached hydrogen (secondary N) is 2. The van der Waals surface area contributed by atoms with Crippen LogP contribution in [0.25, 0.3) is 11.0 Å². The summed E-state index contributed by atoms with van der Waals surface area (Å²) in [6.45, 7) is 4.44. The number of imidazole rings is 1. The number of fused-ring (bicyclic) bond motifs is 1. The van der Waals surface area contributed by atoms with Crippen LogP contribution >= 0.6 is 0 Å². The fraction of sp³-hybridized carbons (Fsp3) is 0.417. The smallest absolute Gasteiger partial charge is 0.209 e. The van der Waals surface area contributed by atoms with Crippen LogP contribution in [0.15, 0.2) is 18.2 Å². The molecule has 1 aromatic carbocycles. The summed E-state index contributed by atoms with van der Waals surface area (Å²) in [5.41, 5.74) is 2.75. The zero-order valence-corrected chi connectivity index (χ0v) is 11.5. The Morgan fingerprint density at radius 3 is 2.72 bits per heavy atom. The highest BCUT2D eigenvalue weighted by atomic mass is 32.2. The van der Waals surface area contributed by atoms with E-state index in [1.54, 1.807) is 0 Å². The molecule has 18 heavy (non-hydrogen) atoms. The van der Waals surface area contributed by atoms with E-state index in [9.17, 15) is 8.42 Å². The summed E-state index contributed by atoms with van der Waals surface area (Å²) in [6, 6.07) is 5.70. The van der Waals surface area contributed by atoms with Crippen LogP contribution in [0.1, 0.15) is 31.2 Å². The van der Waals surface area contributed by atoms with Crippen LogP contribution in [0, 0.1) is 0 Å². The Balaban J connectivity index is 2.27. The summed E-state index contributed by atoms with van der Waals surface area (Å²) >= 11 is 0. The predicted octanol–water partition coefficient (Wildman–Crippen LogP) is 1.74. The molecule has 0 spiro atoms. The first-order valence-electron chi connectivity index (χ1n) is 5.78. The molecule has 2 rings (SSSR count). The summed E-state index contributed by atoms with van der Waals surface area (Å²) in [4.78, 5) is 7.71. The van der Waals surface area contributed by atoms with Crippen LogP contribution in [-0.2, 0) is 16.6 Å². The van der Waals surface area contributed by atoms with Crippen molar-refractivity contribution in [1.29, 1.82) is 0 Å². The molecule has 0 aliphatic carbocycles. The number of hydrogen-bond donors (Lipinski definition) is 2. The van der Waals surface area contributed by atoms with Crippen LogP contribution in [0.5, 0.6) is 0 Å². The highest BCUT2D eigenvalue weighted by Crippen LogP contribution is 2.18. The number of nitrogens with zero attached hydrogens (tertiary/aromatic N) is 1. The normalized spacial score (nSPS) is 12.4. The molecule has 1 aromatic heterocycles. The van der Waals surface area contributed by atoms with Crippen molar-refractivity contribution >= 4 is 21.1 Å². The number of hydrogen-bond acceptors (Lipinski definition) is 3. The number of H-pyrrole nitrogens is 1. The SMILES string of the molecule is CC(C)c1nc2ccc(CNS(C)(=O)=O)cc2[nH]1. The minimum Gasteiger partial charge on any atom is -0.342 e. The molecule has 0 atom stereocenters. The number of benzene rings is 1. The fourth-order valence-electron chi connectivity index (χ4n) is 1.67. The van der Waals surface area contributed by atoms with Crippen LogP contribution in [0.3, 0.4) is 0 Å². The van der Waals surface area contributed by atoms with Gasteiger partial charge < -0.3 is 4.98 Å². The lowest BCUT2D eigenvalue weighted by atomic mass is 10.2. The summed E-state index contributed by atoms with van der Waals surface area (Å²) in [6.07, 6.45) is 1.15. The van der Waals surface area contributed by atoms with Gasteiger partial charge in [0.1, 0.15) is 5.82 Å². The number of aromatic nitrogens is 2. The van der Waals surface area contributed by atoms with Gasteiger partial charge in [-0.25, -0.2) is 18.1 Å². The molecule has 98 valence electrons. The topological polar surface area (TPSA) is 74.8 Å². The maximum atomic E-state index is 11.0. The molecular weight excluding hydrogens is 250 g/mol. The molecule has 0 saturated heterocycles. The largest absolute Gasteiger partial charge is 0.342 e. The maximum absolute atomic E-state index is 11.0. The van der Waals surface area contributed by atoms with Crippen molar-refractivity contribution in [2.24, 2.45) is 0 Å². The number of sulfonamides is 1. The monoisotopic (exact) mass is 267 g/mol. The van der Waals surface area contributed by atoms with Crippen LogP contribution in [-0.4, -0.2) is 24.6 Å². The van der Waals surface area contributed by atoms with Gasteiger partial charge in [0.15, 0.2) is 0 Å². The Labute approximate surface area is 107 Å². The highest BCUT2D eigenvalue weighted by Gasteiger charge is 2.07. The van der Waals surface area contributed by atoms with E-state index in [1.807, 2.05) is 18.2 Å². The third-order valence-electron chi connectivity index (χ3n) is 2.65. The van der Waals surface area contributed by atoms with Gasteiger partial charge in [0.2, 0.25) is 10.0 Å². The molecular formula is C12H17N3O2S. The Morgan fingerprint density at radius 1 is 1.39 bits per heavy atom. The van der Waals surface area contributed by atoms with E-state index < -0.39 is 10.0 Å². The Kier molecular flexibility index (Phi) is 3.41. The summed E-state index contributed by atoms with van der Waals surface area (Å²) in [7, 11) is -3.16. The van der Waals surface area contributed by atoms with Gasteiger partial charge in [-0.3, -0.25) is 0 Å². The van der Waals surface area contributed by atoms with E-state index in [2.05, 4.69) is 28.5 Å². The van der Waals surface area contributed by atoms with Crippen molar-refractivity contribution in [1.82, 2.24) is 14.7 Å². The third-order valence-corrected chi connectivity index (χ3v) is 3.32. The molecule has 0 bridgehead atoms. The van der Waals surface area contributed by atoms with Crippen molar-refractivity contribution in [3.05, 3.63) is 29.6 Å². The second-order valence-corrected chi connectivity index (χ2v) is 6.55. The van der Waals surface area contributed by atoms with Crippen molar-refractivity contribution in [2.45, 2.75) is 26.3 Å². The van der Waals surface area contributed by atoms with Gasteiger partial charge in [0, 0.05) is 12.5 Å². The molecule has 0 aliphatic rings. The van der Waals surface area contributed by atoms with Gasteiger partial charge in [-0.1, -0.05) is 19.9 Å². The van der Waals surface area contributed by atoms with Gasteiger partial charge in [0.05, 0.1) is 17.3 Å². The van der Waals surface area contributed by atoms with Gasteiger partial charge in [-0.05, 0) is 17.7 Å². The van der Waals surface area contributed by atoms with Gasteiger partial charge in [-0.2, -0.15) is 0 Å². The molecule has 0 saturated carbocycles. The van der Waals surface area contributed by atoms with E-state index in [0.717, 1.165) is 28.7 Å². The minimum atomic E-state index is -3.16. The molecule has 0 amide bonds. The van der Waals surface area contributed by atoms with E-state index in [0.29, 0.717) is 12.5 Å².